The van der Waals surface area contributed by atoms with Gasteiger partial charge in [-0.3, -0.25) is 9.48 Å². The van der Waals surface area contributed by atoms with Gasteiger partial charge in [-0.1, -0.05) is 12.1 Å². The highest BCUT2D eigenvalue weighted by molar-refractivity contribution is 5.94. The molecule has 10 nitrogen and oxygen atoms in total. The molecule has 2 fully saturated rings. The summed E-state index contributed by atoms with van der Waals surface area (Å²) < 4.78 is 62.4. The van der Waals surface area contributed by atoms with E-state index in [2.05, 4.69) is 34.6 Å². The Bertz CT molecular complexity index is 1860. The maximum absolute atomic E-state index is 14.9. The van der Waals surface area contributed by atoms with Crippen molar-refractivity contribution in [3.8, 4) is 11.5 Å². The molecule has 1 saturated heterocycles. The second kappa shape index (κ2) is 15.1. The summed E-state index contributed by atoms with van der Waals surface area (Å²) in [7, 11) is 1.52. The summed E-state index contributed by atoms with van der Waals surface area (Å²) in [6.07, 6.45) is 5.06. The molecule has 0 unspecified atom stereocenters. The number of anilines is 1. The molecule has 2 aliphatic rings. The van der Waals surface area contributed by atoms with Crippen LogP contribution in [0.15, 0.2) is 54.7 Å². The number of carbonyl (C=O) groups excluding carboxylic acids is 2. The largest absolute Gasteiger partial charge is 0.497 e. The molecule has 0 atom stereocenters. The molecule has 2 amide bonds. The minimum absolute atomic E-state index is 0.131. The van der Waals surface area contributed by atoms with E-state index in [1.54, 1.807) is 29.2 Å². The minimum atomic E-state index is -1.55. The number of amides is 2. The average molecular weight is 708 g/mol. The Balaban J connectivity index is 0.986. The molecular weight excluding hydrogens is 663 g/mol. The standard InChI is InChI=1S/C38H44F3N5O5/c1-38(2,3)51-37(48)45-17-15-44(16-18-45)28-12-9-26-22-46(43-32(26)19-28)27-10-5-24(6-11-27)21-42-36(47)30-20-31(39)35(34(41)33(30)40)50-23-25-7-13-29(49-4)14-8-25/h7-9,12-14,19-20,22,24,27H,5-6,10-11,15-18,21,23H2,1-4H3,(H,42,47). The van der Waals surface area contributed by atoms with Gasteiger partial charge in [-0.25, -0.2) is 13.6 Å². The fourth-order valence-electron chi connectivity index (χ4n) is 6.58. The number of piperazine rings is 1. The van der Waals surface area contributed by atoms with Crippen LogP contribution in [0.4, 0.5) is 23.7 Å². The third-order valence-electron chi connectivity index (χ3n) is 9.45. The molecule has 51 heavy (non-hydrogen) atoms. The van der Waals surface area contributed by atoms with Crippen LogP contribution in [0.25, 0.3) is 10.9 Å². The highest BCUT2D eigenvalue weighted by atomic mass is 19.2. The van der Waals surface area contributed by atoms with Gasteiger partial charge in [-0.2, -0.15) is 9.49 Å². The van der Waals surface area contributed by atoms with Crippen LogP contribution in [-0.4, -0.2) is 72.1 Å². The Morgan fingerprint density at radius 1 is 0.922 bits per heavy atom. The van der Waals surface area contributed by atoms with Gasteiger partial charge in [0.15, 0.2) is 17.4 Å². The number of benzene rings is 3. The third kappa shape index (κ3) is 8.51. The van der Waals surface area contributed by atoms with E-state index in [1.807, 2.05) is 25.5 Å². The minimum Gasteiger partial charge on any atom is -0.497 e. The van der Waals surface area contributed by atoms with Crippen LogP contribution >= 0.6 is 0 Å². The SMILES string of the molecule is COc1ccc(COc2c(F)cc(C(=O)NCC3CCC(n4cc5ccc(N6CCN(C(=O)OC(C)(C)C)CC6)cc5n4)CC3)c(F)c2F)cc1. The Labute approximate surface area is 295 Å². The van der Waals surface area contributed by atoms with E-state index in [4.69, 9.17) is 19.3 Å². The quantitative estimate of drug-likeness (QED) is 0.183. The lowest BCUT2D eigenvalue weighted by Gasteiger charge is -2.36. The zero-order valence-corrected chi connectivity index (χ0v) is 29.4. The van der Waals surface area contributed by atoms with Crippen molar-refractivity contribution in [3.05, 3.63) is 83.3 Å². The number of hydrogen-bond donors (Lipinski definition) is 1. The molecule has 0 bridgehead atoms. The van der Waals surface area contributed by atoms with E-state index in [9.17, 15) is 22.8 Å². The molecule has 0 spiro atoms. The van der Waals surface area contributed by atoms with Crippen molar-refractivity contribution in [1.29, 1.82) is 0 Å². The van der Waals surface area contributed by atoms with Crippen molar-refractivity contribution < 1.29 is 37.0 Å². The van der Waals surface area contributed by atoms with Gasteiger partial charge in [-0.15, -0.1) is 0 Å². The highest BCUT2D eigenvalue weighted by Gasteiger charge is 2.28. The fraction of sp³-hybridized carbons (Fsp3) is 0.447. The van der Waals surface area contributed by atoms with Gasteiger partial charge in [0.25, 0.3) is 5.91 Å². The van der Waals surface area contributed by atoms with Crippen LogP contribution in [-0.2, 0) is 11.3 Å². The highest BCUT2D eigenvalue weighted by Crippen LogP contribution is 2.34. The number of nitrogens with one attached hydrogen (secondary N) is 1. The first-order chi connectivity index (χ1) is 24.4. The van der Waals surface area contributed by atoms with Crippen LogP contribution < -0.4 is 19.7 Å². The maximum atomic E-state index is 14.9. The number of fused-ring (bicyclic) bond motifs is 1. The first-order valence-electron chi connectivity index (χ1n) is 17.3. The van der Waals surface area contributed by atoms with Crippen molar-refractivity contribution in [3.63, 3.8) is 0 Å². The smallest absolute Gasteiger partial charge is 0.410 e. The summed E-state index contributed by atoms with van der Waals surface area (Å²) in [5, 5.41) is 8.60. The second-order valence-corrected chi connectivity index (χ2v) is 14.2. The molecule has 4 aromatic rings. The summed E-state index contributed by atoms with van der Waals surface area (Å²) in [5.41, 5.74) is 1.33. The molecular formula is C38H44F3N5O5. The molecule has 2 heterocycles. The summed E-state index contributed by atoms with van der Waals surface area (Å²) >= 11 is 0. The van der Waals surface area contributed by atoms with Gasteiger partial charge in [0.05, 0.1) is 24.2 Å². The van der Waals surface area contributed by atoms with Gasteiger partial charge < -0.3 is 29.3 Å². The molecule has 272 valence electrons. The van der Waals surface area contributed by atoms with Crippen LogP contribution in [0.5, 0.6) is 11.5 Å². The van der Waals surface area contributed by atoms with Crippen LogP contribution in [0.2, 0.25) is 0 Å². The molecule has 6 rings (SSSR count). The van der Waals surface area contributed by atoms with Crippen LogP contribution in [0.3, 0.4) is 0 Å². The van der Waals surface area contributed by atoms with Crippen molar-refractivity contribution in [2.75, 3.05) is 44.7 Å². The van der Waals surface area contributed by atoms with E-state index in [1.165, 1.54) is 7.11 Å². The maximum Gasteiger partial charge on any atom is 0.410 e. The number of hydrogen-bond acceptors (Lipinski definition) is 7. The Kier molecular flexibility index (Phi) is 10.6. The van der Waals surface area contributed by atoms with Crippen molar-refractivity contribution in [1.82, 2.24) is 20.0 Å². The van der Waals surface area contributed by atoms with Gasteiger partial charge in [0, 0.05) is 50.0 Å². The van der Waals surface area contributed by atoms with E-state index >= 15 is 0 Å². The molecule has 13 heteroatoms. The molecule has 3 aromatic carbocycles. The molecule has 0 radical (unpaired) electrons. The van der Waals surface area contributed by atoms with Crippen LogP contribution in [0, 0.1) is 23.4 Å². The lowest BCUT2D eigenvalue weighted by atomic mass is 9.86. The number of aromatic nitrogens is 2. The Hall–Kier alpha value is -4.94. The third-order valence-corrected chi connectivity index (χ3v) is 9.45. The van der Waals surface area contributed by atoms with Gasteiger partial charge in [-0.05, 0) is 94.3 Å². The summed E-state index contributed by atoms with van der Waals surface area (Å²) in [5.74, 6) is -5.18. The summed E-state index contributed by atoms with van der Waals surface area (Å²) in [4.78, 5) is 29.3. The van der Waals surface area contributed by atoms with E-state index in [0.717, 1.165) is 42.3 Å². The normalized spacial score (nSPS) is 18.1. The van der Waals surface area contributed by atoms with Gasteiger partial charge in [0.1, 0.15) is 18.0 Å². The second-order valence-electron chi connectivity index (χ2n) is 14.2. The first-order valence-corrected chi connectivity index (χ1v) is 17.3. The Morgan fingerprint density at radius 3 is 2.29 bits per heavy atom. The van der Waals surface area contributed by atoms with E-state index < -0.39 is 40.3 Å². The predicted octanol–water partition coefficient (Wildman–Crippen LogP) is 7.26. The van der Waals surface area contributed by atoms with E-state index in [-0.39, 0.29) is 31.2 Å². The molecule has 1 N–H and O–H groups in total. The monoisotopic (exact) mass is 707 g/mol. The van der Waals surface area contributed by atoms with Crippen LogP contribution in [0.1, 0.15) is 68.4 Å². The lowest BCUT2D eigenvalue weighted by molar-refractivity contribution is 0.0240. The fourth-order valence-corrected chi connectivity index (χ4v) is 6.58. The van der Waals surface area contributed by atoms with Gasteiger partial charge in [0.2, 0.25) is 5.82 Å². The molecule has 1 aliphatic heterocycles. The Morgan fingerprint density at radius 2 is 1.63 bits per heavy atom. The molecule has 1 saturated carbocycles. The lowest BCUT2D eigenvalue weighted by Crippen LogP contribution is -2.50. The number of halogens is 3. The number of nitrogens with zero attached hydrogens (tertiary/aromatic N) is 4. The number of rotatable bonds is 9. The first kappa shape index (κ1) is 35.9. The number of ether oxygens (including phenoxy) is 3. The molecule has 1 aromatic heterocycles. The number of methoxy groups -OCH3 is 1. The van der Waals surface area contributed by atoms with Gasteiger partial charge >= 0.3 is 6.09 Å². The van der Waals surface area contributed by atoms with Crippen molar-refractivity contribution in [2.45, 2.75) is 64.7 Å². The van der Waals surface area contributed by atoms with Crippen molar-refractivity contribution in [2.24, 2.45) is 5.92 Å². The zero-order chi connectivity index (χ0) is 36.3. The summed E-state index contributed by atoms with van der Waals surface area (Å²) in [6, 6.07) is 13.8. The predicted molar refractivity (Wildman–Crippen MR) is 187 cm³/mol. The molecule has 1 aliphatic carbocycles. The number of carbonyl (C=O) groups is 2. The average Bonchev–Trinajstić information content (AvgIpc) is 3.55. The zero-order valence-electron chi connectivity index (χ0n) is 29.4. The summed E-state index contributed by atoms with van der Waals surface area (Å²) in [6.45, 7) is 8.23. The topological polar surface area (TPSA) is 98.2 Å². The van der Waals surface area contributed by atoms with E-state index in [0.29, 0.717) is 43.6 Å². The van der Waals surface area contributed by atoms with Crippen molar-refractivity contribution >= 4 is 28.6 Å².